The molecule has 2 saturated heterocycles. The molecule has 2 unspecified atom stereocenters. The zero-order valence-corrected chi connectivity index (χ0v) is 20.4. The van der Waals surface area contributed by atoms with Crippen molar-refractivity contribution in [2.24, 2.45) is 4.99 Å². The number of piperidine rings is 2. The minimum Gasteiger partial charge on any atom is -0.355 e. The van der Waals surface area contributed by atoms with Crippen LogP contribution in [-0.2, 0) is 10.0 Å². The van der Waals surface area contributed by atoms with Gasteiger partial charge in [0.2, 0.25) is 0 Å². The van der Waals surface area contributed by atoms with Gasteiger partial charge in [-0.15, -0.1) is 24.0 Å². The number of halogens is 4. The summed E-state index contributed by atoms with van der Waals surface area (Å²) < 4.78 is 61.5. The molecule has 2 rings (SSSR count). The van der Waals surface area contributed by atoms with Crippen LogP contribution in [0.25, 0.3) is 0 Å². The Labute approximate surface area is 188 Å². The van der Waals surface area contributed by atoms with Gasteiger partial charge in [-0.2, -0.15) is 17.5 Å². The maximum atomic E-state index is 12.7. The fourth-order valence-corrected chi connectivity index (χ4v) is 4.90. The maximum Gasteiger partial charge on any atom is 0.511 e. The lowest BCUT2D eigenvalue weighted by Crippen LogP contribution is -2.54. The number of aliphatic imine (C=N–C) groups is 1. The van der Waals surface area contributed by atoms with Crippen LogP contribution < -0.4 is 10.6 Å². The number of rotatable bonds is 5. The Morgan fingerprint density at radius 2 is 1.79 bits per heavy atom. The van der Waals surface area contributed by atoms with Crippen LogP contribution in [0.5, 0.6) is 0 Å². The average molecular weight is 555 g/mol. The quantitative estimate of drug-likeness (QED) is 0.310. The van der Waals surface area contributed by atoms with E-state index in [9.17, 15) is 21.6 Å². The molecule has 0 amide bonds. The summed E-state index contributed by atoms with van der Waals surface area (Å²) in [6.45, 7) is 5.90. The molecule has 0 aliphatic carbocycles. The summed E-state index contributed by atoms with van der Waals surface area (Å²) >= 11 is 0. The van der Waals surface area contributed by atoms with Gasteiger partial charge in [0.25, 0.3) is 0 Å². The van der Waals surface area contributed by atoms with E-state index in [0.29, 0.717) is 41.7 Å². The average Bonchev–Trinajstić information content (AvgIpc) is 2.64. The van der Waals surface area contributed by atoms with Crippen LogP contribution in [0.1, 0.15) is 46.0 Å². The SMILES string of the molecule is CN=C(NCC(C)N1CCCCC1C)NC1CCN(S(=O)(=O)C(F)(F)F)CC1.I. The van der Waals surface area contributed by atoms with Crippen molar-refractivity contribution in [3.63, 3.8) is 0 Å². The lowest BCUT2D eigenvalue weighted by molar-refractivity contribution is -0.0494. The zero-order valence-electron chi connectivity index (χ0n) is 17.2. The Balaban J connectivity index is 0.00000420. The van der Waals surface area contributed by atoms with Crippen molar-refractivity contribution in [3.05, 3.63) is 0 Å². The highest BCUT2D eigenvalue weighted by Gasteiger charge is 2.50. The summed E-state index contributed by atoms with van der Waals surface area (Å²) in [5.41, 5.74) is -5.24. The van der Waals surface area contributed by atoms with Crippen molar-refractivity contribution >= 4 is 40.0 Å². The summed E-state index contributed by atoms with van der Waals surface area (Å²) in [5, 5.41) is 6.49. The highest BCUT2D eigenvalue weighted by atomic mass is 127. The molecule has 0 aromatic heterocycles. The molecule has 2 fully saturated rings. The van der Waals surface area contributed by atoms with Crippen molar-refractivity contribution < 1.29 is 21.6 Å². The topological polar surface area (TPSA) is 77.0 Å². The van der Waals surface area contributed by atoms with Crippen molar-refractivity contribution in [2.75, 3.05) is 33.2 Å². The van der Waals surface area contributed by atoms with Gasteiger partial charge in [0.1, 0.15) is 0 Å². The number of likely N-dealkylation sites (tertiary alicyclic amines) is 1. The smallest absolute Gasteiger partial charge is 0.355 e. The second kappa shape index (κ2) is 11.3. The monoisotopic (exact) mass is 555 g/mol. The maximum absolute atomic E-state index is 12.7. The largest absolute Gasteiger partial charge is 0.511 e. The van der Waals surface area contributed by atoms with Crippen molar-refractivity contribution in [2.45, 2.75) is 69.6 Å². The third kappa shape index (κ3) is 7.10. The first kappa shape index (κ1) is 26.7. The fourth-order valence-electron chi connectivity index (χ4n) is 3.91. The molecule has 2 heterocycles. The molecule has 2 aliphatic rings. The van der Waals surface area contributed by atoms with Gasteiger partial charge in [-0.3, -0.25) is 9.89 Å². The van der Waals surface area contributed by atoms with Gasteiger partial charge in [-0.25, -0.2) is 8.42 Å². The van der Waals surface area contributed by atoms with Crippen LogP contribution in [0, 0.1) is 0 Å². The molecule has 2 N–H and O–H groups in total. The normalized spacial score (nSPS) is 24.6. The van der Waals surface area contributed by atoms with Gasteiger partial charge in [-0.1, -0.05) is 6.42 Å². The summed E-state index contributed by atoms with van der Waals surface area (Å²) in [6.07, 6.45) is 4.28. The van der Waals surface area contributed by atoms with E-state index in [-0.39, 0.29) is 43.1 Å². The van der Waals surface area contributed by atoms with E-state index in [1.807, 2.05) is 0 Å². The van der Waals surface area contributed by atoms with Crippen molar-refractivity contribution in [1.82, 2.24) is 19.8 Å². The highest BCUT2D eigenvalue weighted by molar-refractivity contribution is 14.0. The van der Waals surface area contributed by atoms with Gasteiger partial charge in [-0.05, 0) is 46.1 Å². The number of hydrogen-bond acceptors (Lipinski definition) is 4. The second-order valence-electron chi connectivity index (χ2n) is 7.65. The minimum atomic E-state index is -5.24. The first-order chi connectivity index (χ1) is 13.1. The summed E-state index contributed by atoms with van der Waals surface area (Å²) in [4.78, 5) is 6.67. The number of sulfonamides is 1. The van der Waals surface area contributed by atoms with Crippen molar-refractivity contribution in [1.29, 1.82) is 0 Å². The molecule has 0 aromatic rings. The van der Waals surface area contributed by atoms with E-state index < -0.39 is 15.5 Å². The van der Waals surface area contributed by atoms with Crippen LogP contribution in [0.15, 0.2) is 4.99 Å². The van der Waals surface area contributed by atoms with Crippen molar-refractivity contribution in [3.8, 4) is 0 Å². The zero-order chi connectivity index (χ0) is 20.9. The van der Waals surface area contributed by atoms with Gasteiger partial charge >= 0.3 is 15.5 Å². The summed E-state index contributed by atoms with van der Waals surface area (Å²) in [5.74, 6) is 0.591. The molecule has 7 nitrogen and oxygen atoms in total. The molecular formula is C17H33F3IN5O2S. The third-order valence-electron chi connectivity index (χ3n) is 5.64. The van der Waals surface area contributed by atoms with E-state index in [2.05, 4.69) is 34.4 Å². The molecule has 2 aliphatic heterocycles. The van der Waals surface area contributed by atoms with Gasteiger partial charge in [0.15, 0.2) is 5.96 Å². The van der Waals surface area contributed by atoms with Crippen LogP contribution in [0.4, 0.5) is 13.2 Å². The van der Waals surface area contributed by atoms with E-state index in [1.54, 1.807) is 7.05 Å². The van der Waals surface area contributed by atoms with Crippen LogP contribution in [0.3, 0.4) is 0 Å². The van der Waals surface area contributed by atoms with E-state index >= 15 is 0 Å². The highest BCUT2D eigenvalue weighted by Crippen LogP contribution is 2.29. The van der Waals surface area contributed by atoms with E-state index in [0.717, 1.165) is 6.54 Å². The minimum absolute atomic E-state index is 0. The number of nitrogens with zero attached hydrogens (tertiary/aromatic N) is 3. The standard InChI is InChI=1S/C17H32F3N5O2S.HI/c1-13-6-4-5-9-25(13)14(2)12-22-16(21-3)23-15-7-10-24(11-8-15)28(26,27)17(18,19)20;/h13-15H,4-12H2,1-3H3,(H2,21,22,23);1H. The Morgan fingerprint density at radius 1 is 1.17 bits per heavy atom. The Kier molecular flexibility index (Phi) is 10.4. The Bertz CT molecular complexity index is 639. The first-order valence-corrected chi connectivity index (χ1v) is 11.3. The molecule has 0 radical (unpaired) electrons. The fraction of sp³-hybridized carbons (Fsp3) is 0.941. The Morgan fingerprint density at radius 3 is 2.31 bits per heavy atom. The Hall–Kier alpha value is -0.340. The lowest BCUT2D eigenvalue weighted by atomic mass is 10.0. The van der Waals surface area contributed by atoms with Crippen LogP contribution in [-0.4, -0.2) is 80.4 Å². The molecule has 2 atom stereocenters. The molecule has 29 heavy (non-hydrogen) atoms. The predicted octanol–water partition coefficient (Wildman–Crippen LogP) is 2.35. The molecular weight excluding hydrogens is 522 g/mol. The van der Waals surface area contributed by atoms with E-state index in [4.69, 9.17) is 0 Å². The van der Waals surface area contributed by atoms with Gasteiger partial charge in [0.05, 0.1) is 0 Å². The summed E-state index contributed by atoms with van der Waals surface area (Å²) in [6, 6.07) is 0.781. The number of guanidine groups is 1. The van der Waals surface area contributed by atoms with Gasteiger partial charge in [0, 0.05) is 44.8 Å². The summed E-state index contributed by atoms with van der Waals surface area (Å²) in [7, 11) is -3.60. The molecule has 0 aromatic carbocycles. The molecule has 0 spiro atoms. The van der Waals surface area contributed by atoms with E-state index in [1.165, 1.54) is 19.3 Å². The first-order valence-electron chi connectivity index (χ1n) is 9.85. The number of nitrogens with one attached hydrogen (secondary N) is 2. The third-order valence-corrected chi connectivity index (χ3v) is 7.27. The van der Waals surface area contributed by atoms with Gasteiger partial charge < -0.3 is 10.6 Å². The van der Waals surface area contributed by atoms with Crippen LogP contribution in [0.2, 0.25) is 0 Å². The number of hydrogen-bond donors (Lipinski definition) is 2. The molecule has 0 saturated carbocycles. The predicted molar refractivity (Wildman–Crippen MR) is 119 cm³/mol. The van der Waals surface area contributed by atoms with Crippen LogP contribution >= 0.6 is 24.0 Å². The second-order valence-corrected chi connectivity index (χ2v) is 9.58. The molecule has 12 heteroatoms. The lowest BCUT2D eigenvalue weighted by Gasteiger charge is -2.38. The molecule has 172 valence electrons. The molecule has 0 bridgehead atoms. The number of alkyl halides is 3.